The third-order valence-corrected chi connectivity index (χ3v) is 6.89. The lowest BCUT2D eigenvalue weighted by Gasteiger charge is -2.11. The third kappa shape index (κ3) is 4.47. The molecule has 7 heteroatoms. The summed E-state index contributed by atoms with van der Waals surface area (Å²) in [6.07, 6.45) is 0. The summed E-state index contributed by atoms with van der Waals surface area (Å²) in [5.74, 6) is -0.109. The summed E-state index contributed by atoms with van der Waals surface area (Å²) in [6.45, 7) is 6.89. The number of rotatable bonds is 6. The SMILES string of the molecule is Cc1ncsc1C(=O)NCc1ccc(Cn2c(C)c(C#N)c(-c3ccc(C#N)cc3)c2C)cc1. The molecule has 0 aliphatic carbocycles. The number of amides is 1. The van der Waals surface area contributed by atoms with Crippen molar-refractivity contribution in [3.63, 3.8) is 0 Å². The molecule has 4 rings (SSSR count). The van der Waals surface area contributed by atoms with Crippen molar-refractivity contribution in [2.45, 2.75) is 33.9 Å². The molecule has 168 valence electrons. The Bertz CT molecular complexity index is 1430. The topological polar surface area (TPSA) is 94.5 Å². The third-order valence-electron chi connectivity index (χ3n) is 5.97. The predicted octanol–water partition coefficient (Wildman–Crippen LogP) is 5.26. The lowest BCUT2D eigenvalue weighted by atomic mass is 10.0. The van der Waals surface area contributed by atoms with Crippen LogP contribution in [0.1, 0.15) is 49.0 Å². The molecule has 1 N–H and O–H groups in total. The van der Waals surface area contributed by atoms with Crippen LogP contribution in [0.4, 0.5) is 0 Å². The molecule has 2 aromatic carbocycles. The lowest BCUT2D eigenvalue weighted by Crippen LogP contribution is -2.22. The van der Waals surface area contributed by atoms with Crippen LogP contribution in [-0.2, 0) is 13.1 Å². The number of carbonyl (C=O) groups excluding carboxylic acids is 1. The first-order valence-electron chi connectivity index (χ1n) is 10.8. The molecule has 0 saturated heterocycles. The highest BCUT2D eigenvalue weighted by molar-refractivity contribution is 7.11. The van der Waals surface area contributed by atoms with Gasteiger partial charge in [0.05, 0.1) is 28.4 Å². The first-order chi connectivity index (χ1) is 16.4. The van der Waals surface area contributed by atoms with Crippen LogP contribution in [0, 0.1) is 43.4 Å². The second kappa shape index (κ2) is 9.74. The van der Waals surface area contributed by atoms with Gasteiger partial charge in [-0.2, -0.15) is 10.5 Å². The number of aromatic nitrogens is 2. The van der Waals surface area contributed by atoms with Crippen molar-refractivity contribution in [3.8, 4) is 23.3 Å². The Balaban J connectivity index is 1.52. The van der Waals surface area contributed by atoms with E-state index in [1.54, 1.807) is 17.6 Å². The van der Waals surface area contributed by atoms with E-state index in [4.69, 9.17) is 5.26 Å². The molecule has 34 heavy (non-hydrogen) atoms. The van der Waals surface area contributed by atoms with E-state index in [0.717, 1.165) is 39.3 Å². The number of aryl methyl sites for hydroxylation is 1. The molecular formula is C27H23N5OS. The summed E-state index contributed by atoms with van der Waals surface area (Å²) < 4.78 is 2.15. The first-order valence-corrected chi connectivity index (χ1v) is 11.7. The van der Waals surface area contributed by atoms with Crippen LogP contribution in [-0.4, -0.2) is 15.5 Å². The Kier molecular flexibility index (Phi) is 6.58. The van der Waals surface area contributed by atoms with Crippen LogP contribution in [0.25, 0.3) is 11.1 Å². The van der Waals surface area contributed by atoms with Gasteiger partial charge in [0.1, 0.15) is 10.9 Å². The minimum atomic E-state index is -0.109. The van der Waals surface area contributed by atoms with Gasteiger partial charge in [-0.05, 0) is 49.6 Å². The highest BCUT2D eigenvalue weighted by atomic mass is 32.1. The molecule has 1 amide bonds. The average molecular weight is 466 g/mol. The van der Waals surface area contributed by atoms with Gasteiger partial charge in [-0.25, -0.2) is 4.98 Å². The van der Waals surface area contributed by atoms with Crippen LogP contribution in [0.15, 0.2) is 54.0 Å². The van der Waals surface area contributed by atoms with E-state index < -0.39 is 0 Å². The van der Waals surface area contributed by atoms with Crippen LogP contribution in [0.5, 0.6) is 0 Å². The normalized spacial score (nSPS) is 10.5. The Morgan fingerprint density at radius 3 is 2.24 bits per heavy atom. The smallest absolute Gasteiger partial charge is 0.263 e. The Morgan fingerprint density at radius 2 is 1.65 bits per heavy atom. The first kappa shape index (κ1) is 23.0. The van der Waals surface area contributed by atoms with E-state index in [9.17, 15) is 10.1 Å². The van der Waals surface area contributed by atoms with Crippen LogP contribution in [0.2, 0.25) is 0 Å². The molecule has 6 nitrogen and oxygen atoms in total. The van der Waals surface area contributed by atoms with Gasteiger partial charge < -0.3 is 9.88 Å². The minimum absolute atomic E-state index is 0.109. The number of hydrogen-bond donors (Lipinski definition) is 1. The zero-order valence-corrected chi connectivity index (χ0v) is 20.0. The summed E-state index contributed by atoms with van der Waals surface area (Å²) in [7, 11) is 0. The molecular weight excluding hydrogens is 442 g/mol. The zero-order chi connectivity index (χ0) is 24.2. The second-order valence-electron chi connectivity index (χ2n) is 8.07. The van der Waals surface area contributed by atoms with Gasteiger partial charge in [0.15, 0.2) is 0 Å². The maximum Gasteiger partial charge on any atom is 0.263 e. The average Bonchev–Trinajstić information content (AvgIpc) is 3.39. The molecule has 0 fully saturated rings. The van der Waals surface area contributed by atoms with Crippen molar-refractivity contribution in [1.29, 1.82) is 10.5 Å². The van der Waals surface area contributed by atoms with E-state index in [-0.39, 0.29) is 5.91 Å². The fourth-order valence-corrected chi connectivity index (χ4v) is 4.77. The fourth-order valence-electron chi connectivity index (χ4n) is 4.05. The second-order valence-corrected chi connectivity index (χ2v) is 8.93. The van der Waals surface area contributed by atoms with E-state index >= 15 is 0 Å². The number of nitrogens with one attached hydrogen (secondary N) is 1. The Hall–Kier alpha value is -4.20. The van der Waals surface area contributed by atoms with Gasteiger partial charge in [0.2, 0.25) is 0 Å². The highest BCUT2D eigenvalue weighted by Crippen LogP contribution is 2.32. The van der Waals surface area contributed by atoms with E-state index in [2.05, 4.69) is 27.0 Å². The molecule has 0 unspecified atom stereocenters. The molecule has 0 radical (unpaired) electrons. The zero-order valence-electron chi connectivity index (χ0n) is 19.2. The fraction of sp³-hybridized carbons (Fsp3) is 0.185. The molecule has 2 aromatic heterocycles. The van der Waals surface area contributed by atoms with Crippen molar-refractivity contribution in [2.75, 3.05) is 0 Å². The van der Waals surface area contributed by atoms with Crippen molar-refractivity contribution in [1.82, 2.24) is 14.9 Å². The standard InChI is InChI=1S/C27H23N5OS/c1-17-26(34-16-31-17)27(33)30-14-21-4-6-22(7-5-21)15-32-18(2)24(13-29)25(19(32)3)23-10-8-20(12-28)9-11-23/h4-11,16H,14-15H2,1-3H3,(H,30,33). The van der Waals surface area contributed by atoms with E-state index in [0.29, 0.717) is 29.1 Å². The van der Waals surface area contributed by atoms with Gasteiger partial charge in [-0.1, -0.05) is 36.4 Å². The molecule has 0 spiro atoms. The summed E-state index contributed by atoms with van der Waals surface area (Å²) in [6, 6.07) is 19.9. The predicted molar refractivity (Wildman–Crippen MR) is 132 cm³/mol. The number of carbonyl (C=O) groups is 1. The number of benzene rings is 2. The van der Waals surface area contributed by atoms with Crippen molar-refractivity contribution < 1.29 is 4.79 Å². The number of thiazole rings is 1. The molecule has 4 aromatic rings. The van der Waals surface area contributed by atoms with Crippen molar-refractivity contribution >= 4 is 17.2 Å². The Labute approximate surface area is 202 Å². The summed E-state index contributed by atoms with van der Waals surface area (Å²) >= 11 is 1.34. The quantitative estimate of drug-likeness (QED) is 0.420. The maximum atomic E-state index is 12.3. The minimum Gasteiger partial charge on any atom is -0.347 e. The summed E-state index contributed by atoms with van der Waals surface area (Å²) in [5.41, 5.74) is 9.53. The van der Waals surface area contributed by atoms with Gasteiger partial charge in [0, 0.05) is 30.0 Å². The molecule has 0 aliphatic heterocycles. The van der Waals surface area contributed by atoms with Gasteiger partial charge in [-0.3, -0.25) is 4.79 Å². The summed E-state index contributed by atoms with van der Waals surface area (Å²) in [4.78, 5) is 17.1. The largest absolute Gasteiger partial charge is 0.347 e. The molecule has 0 aliphatic rings. The van der Waals surface area contributed by atoms with Crippen LogP contribution < -0.4 is 5.32 Å². The van der Waals surface area contributed by atoms with Gasteiger partial charge in [-0.15, -0.1) is 11.3 Å². The molecule has 0 atom stereocenters. The number of nitriles is 2. The van der Waals surface area contributed by atoms with E-state index in [1.165, 1.54) is 11.3 Å². The van der Waals surface area contributed by atoms with Gasteiger partial charge in [0.25, 0.3) is 5.91 Å². The van der Waals surface area contributed by atoms with Crippen molar-refractivity contribution in [2.24, 2.45) is 0 Å². The molecule has 2 heterocycles. The number of hydrogen-bond acceptors (Lipinski definition) is 5. The number of nitrogens with zero attached hydrogens (tertiary/aromatic N) is 4. The summed E-state index contributed by atoms with van der Waals surface area (Å²) in [5, 5.41) is 21.9. The van der Waals surface area contributed by atoms with Crippen molar-refractivity contribution in [3.05, 3.63) is 98.3 Å². The lowest BCUT2D eigenvalue weighted by molar-refractivity contribution is 0.0954. The maximum absolute atomic E-state index is 12.3. The van der Waals surface area contributed by atoms with Crippen LogP contribution in [0.3, 0.4) is 0 Å². The van der Waals surface area contributed by atoms with Crippen LogP contribution >= 0.6 is 11.3 Å². The van der Waals surface area contributed by atoms with Gasteiger partial charge >= 0.3 is 0 Å². The molecule has 0 bridgehead atoms. The molecule has 0 saturated carbocycles. The highest BCUT2D eigenvalue weighted by Gasteiger charge is 2.19. The Morgan fingerprint density at radius 1 is 0.971 bits per heavy atom. The monoisotopic (exact) mass is 465 g/mol. The van der Waals surface area contributed by atoms with E-state index in [1.807, 2.05) is 57.2 Å².